The molecular formula is C23H21ClN6O4S2. The molecule has 0 aliphatic heterocycles. The number of anilines is 1. The van der Waals surface area contributed by atoms with Crippen LogP contribution in [-0.2, 0) is 15.6 Å². The van der Waals surface area contributed by atoms with Crippen LogP contribution in [0.1, 0.15) is 41.2 Å². The number of aliphatic hydroxyl groups is 1. The lowest BCUT2D eigenvalue weighted by atomic mass is 9.71. The van der Waals surface area contributed by atoms with E-state index in [2.05, 4.69) is 25.1 Å². The molecule has 186 valence electrons. The summed E-state index contributed by atoms with van der Waals surface area (Å²) in [5, 5.41) is 17.9. The highest BCUT2D eigenvalue weighted by molar-refractivity contribution is 7.93. The molecule has 4 aromatic rings. The number of pyridine rings is 2. The monoisotopic (exact) mass is 544 g/mol. The Morgan fingerprint density at radius 2 is 2.00 bits per heavy atom. The summed E-state index contributed by atoms with van der Waals surface area (Å²) < 4.78 is 29.0. The number of thiazole rings is 1. The van der Waals surface area contributed by atoms with Gasteiger partial charge in [-0.05, 0) is 37.1 Å². The highest BCUT2D eigenvalue weighted by Crippen LogP contribution is 2.42. The first-order valence-electron chi connectivity index (χ1n) is 11.3. The van der Waals surface area contributed by atoms with Crippen molar-refractivity contribution in [2.24, 2.45) is 0 Å². The molecule has 0 bridgehead atoms. The number of rotatable bonds is 7. The summed E-state index contributed by atoms with van der Waals surface area (Å²) in [5.74, 6) is -0.404. The van der Waals surface area contributed by atoms with E-state index in [9.17, 15) is 18.3 Å². The number of hydrogen-bond acceptors (Lipinski definition) is 8. The topological polar surface area (TPSA) is 139 Å². The van der Waals surface area contributed by atoms with Crippen molar-refractivity contribution in [1.29, 1.82) is 0 Å². The molecule has 1 amide bonds. The predicted molar refractivity (Wildman–Crippen MR) is 135 cm³/mol. The number of nitrogens with one attached hydrogen (secondary N) is 2. The number of sulfonamides is 1. The van der Waals surface area contributed by atoms with Gasteiger partial charge in [0.15, 0.2) is 5.01 Å². The smallest absolute Gasteiger partial charge is 0.281 e. The van der Waals surface area contributed by atoms with E-state index >= 15 is 0 Å². The lowest BCUT2D eigenvalue weighted by Gasteiger charge is -2.45. The molecule has 36 heavy (non-hydrogen) atoms. The van der Waals surface area contributed by atoms with E-state index in [-0.39, 0.29) is 23.1 Å². The number of amides is 1. The zero-order valence-corrected chi connectivity index (χ0v) is 21.1. The third-order valence-electron chi connectivity index (χ3n) is 6.44. The quantitative estimate of drug-likeness (QED) is 0.325. The fourth-order valence-corrected chi connectivity index (χ4v) is 6.79. The first-order chi connectivity index (χ1) is 17.2. The maximum atomic E-state index is 13.2. The first kappa shape index (κ1) is 23.3. The Kier molecular flexibility index (Phi) is 5.52. The van der Waals surface area contributed by atoms with Gasteiger partial charge < -0.3 is 10.4 Å². The summed E-state index contributed by atoms with van der Waals surface area (Å²) in [7, 11) is -3.44. The van der Waals surface area contributed by atoms with Gasteiger partial charge in [0.25, 0.3) is 5.91 Å². The normalized spacial score (nSPS) is 21.8. The molecule has 2 saturated carbocycles. The molecule has 13 heteroatoms. The second-order valence-corrected chi connectivity index (χ2v) is 12.6. The van der Waals surface area contributed by atoms with E-state index in [1.807, 2.05) is 0 Å². The Morgan fingerprint density at radius 1 is 1.19 bits per heavy atom. The SMILES string of the molecule is O=C(NC1(c2cc(NS(=O)(=O)C3CC3)ccn2)CC(O)C1)c1ncc(-c2cnn3ccc(Cl)cc23)s1. The van der Waals surface area contributed by atoms with Crippen LogP contribution in [-0.4, -0.2) is 50.4 Å². The summed E-state index contributed by atoms with van der Waals surface area (Å²) in [6.45, 7) is 0. The Morgan fingerprint density at radius 3 is 2.75 bits per heavy atom. The number of aromatic nitrogens is 4. The molecule has 6 rings (SSSR count). The number of fused-ring (bicyclic) bond motifs is 1. The zero-order valence-electron chi connectivity index (χ0n) is 18.8. The zero-order chi connectivity index (χ0) is 25.1. The molecule has 2 fully saturated rings. The number of aliphatic hydroxyl groups excluding tert-OH is 1. The Bertz CT molecular complexity index is 1590. The molecule has 2 aliphatic rings. The maximum absolute atomic E-state index is 13.2. The highest BCUT2D eigenvalue weighted by atomic mass is 35.5. The fourth-order valence-electron chi connectivity index (χ4n) is 4.42. The Labute approximate surface area is 215 Å². The van der Waals surface area contributed by atoms with Gasteiger partial charge in [-0.25, -0.2) is 17.9 Å². The Balaban J connectivity index is 1.25. The van der Waals surface area contributed by atoms with Gasteiger partial charge in [0, 0.05) is 42.0 Å². The van der Waals surface area contributed by atoms with Gasteiger partial charge >= 0.3 is 0 Å². The van der Waals surface area contributed by atoms with Crippen molar-refractivity contribution in [2.75, 3.05) is 4.72 Å². The van der Waals surface area contributed by atoms with Crippen molar-refractivity contribution < 1.29 is 18.3 Å². The van der Waals surface area contributed by atoms with Crippen LogP contribution in [0.2, 0.25) is 5.02 Å². The molecule has 4 heterocycles. The van der Waals surface area contributed by atoms with Crippen molar-refractivity contribution in [3.05, 3.63) is 64.8 Å². The summed E-state index contributed by atoms with van der Waals surface area (Å²) in [6, 6.07) is 6.72. The number of halogens is 1. The van der Waals surface area contributed by atoms with Crippen LogP contribution in [0.5, 0.6) is 0 Å². The predicted octanol–water partition coefficient (Wildman–Crippen LogP) is 3.19. The van der Waals surface area contributed by atoms with E-state index in [0.29, 0.717) is 29.2 Å². The largest absolute Gasteiger partial charge is 0.393 e. The molecule has 0 unspecified atom stereocenters. The standard InChI is InChI=1S/C23H21ClN6O4S2/c24-13-4-6-30-18(7-13)17(11-27-30)19-12-26-22(35-19)21(32)28-23(9-15(31)10-23)20-8-14(3-5-25-20)29-36(33,34)16-1-2-16/h3-8,11-12,15-16,31H,1-2,9-10H2,(H,25,29)(H,28,32). The van der Waals surface area contributed by atoms with Gasteiger partial charge in [0.2, 0.25) is 10.0 Å². The van der Waals surface area contributed by atoms with E-state index in [1.165, 1.54) is 17.5 Å². The van der Waals surface area contributed by atoms with E-state index in [0.717, 1.165) is 16.0 Å². The van der Waals surface area contributed by atoms with Crippen molar-refractivity contribution in [2.45, 2.75) is 42.6 Å². The highest BCUT2D eigenvalue weighted by Gasteiger charge is 2.48. The van der Waals surface area contributed by atoms with E-state index < -0.39 is 27.6 Å². The molecule has 0 aromatic carbocycles. The molecule has 3 N–H and O–H groups in total. The minimum absolute atomic E-state index is 0.248. The van der Waals surface area contributed by atoms with Gasteiger partial charge in [-0.1, -0.05) is 11.6 Å². The lowest BCUT2D eigenvalue weighted by molar-refractivity contribution is -0.00109. The molecule has 0 radical (unpaired) electrons. The molecule has 0 spiro atoms. The summed E-state index contributed by atoms with van der Waals surface area (Å²) >= 11 is 7.36. The van der Waals surface area contributed by atoms with Crippen molar-refractivity contribution in [3.63, 3.8) is 0 Å². The lowest BCUT2D eigenvalue weighted by Crippen LogP contribution is -2.57. The fraction of sp³-hybridized carbons (Fsp3) is 0.304. The van der Waals surface area contributed by atoms with Gasteiger partial charge in [-0.2, -0.15) is 5.10 Å². The average Bonchev–Trinajstić information content (AvgIpc) is 3.44. The van der Waals surface area contributed by atoms with Crippen molar-refractivity contribution >= 4 is 50.1 Å². The van der Waals surface area contributed by atoms with Crippen molar-refractivity contribution in [1.82, 2.24) is 24.9 Å². The van der Waals surface area contributed by atoms with Crippen LogP contribution in [0.4, 0.5) is 5.69 Å². The number of hydrogen-bond donors (Lipinski definition) is 3. The van der Waals surface area contributed by atoms with E-state index in [1.54, 1.807) is 47.4 Å². The molecule has 10 nitrogen and oxygen atoms in total. The minimum atomic E-state index is -3.44. The summed E-state index contributed by atoms with van der Waals surface area (Å²) in [4.78, 5) is 22.7. The van der Waals surface area contributed by atoms with Crippen LogP contribution < -0.4 is 10.0 Å². The van der Waals surface area contributed by atoms with Gasteiger partial charge in [0.05, 0.1) is 44.9 Å². The van der Waals surface area contributed by atoms with Crippen LogP contribution in [0.15, 0.2) is 49.1 Å². The van der Waals surface area contributed by atoms with Gasteiger partial charge in [-0.15, -0.1) is 11.3 Å². The number of nitrogens with zero attached hydrogens (tertiary/aromatic N) is 4. The minimum Gasteiger partial charge on any atom is -0.393 e. The van der Waals surface area contributed by atoms with Crippen molar-refractivity contribution in [3.8, 4) is 10.4 Å². The van der Waals surface area contributed by atoms with Crippen LogP contribution in [0, 0.1) is 0 Å². The number of carbonyl (C=O) groups is 1. The molecule has 0 atom stereocenters. The molecule has 0 saturated heterocycles. The van der Waals surface area contributed by atoms with Crippen LogP contribution in [0.25, 0.3) is 16.0 Å². The maximum Gasteiger partial charge on any atom is 0.281 e. The third-order valence-corrected chi connectivity index (χ3v) is 9.58. The van der Waals surface area contributed by atoms with Gasteiger partial charge in [0.1, 0.15) is 0 Å². The molecule has 4 aromatic heterocycles. The van der Waals surface area contributed by atoms with Crippen LogP contribution >= 0.6 is 22.9 Å². The van der Waals surface area contributed by atoms with E-state index in [4.69, 9.17) is 11.6 Å². The first-order valence-corrected chi connectivity index (χ1v) is 14.0. The number of carbonyl (C=O) groups excluding carboxylic acids is 1. The third kappa shape index (κ3) is 4.23. The molecular weight excluding hydrogens is 524 g/mol. The molecule has 2 aliphatic carbocycles. The van der Waals surface area contributed by atoms with Crippen LogP contribution in [0.3, 0.4) is 0 Å². The van der Waals surface area contributed by atoms with Gasteiger partial charge in [-0.3, -0.25) is 14.5 Å². The Hall–Kier alpha value is -3.06. The average molecular weight is 545 g/mol. The summed E-state index contributed by atoms with van der Waals surface area (Å²) in [5.41, 5.74) is 1.53. The summed E-state index contributed by atoms with van der Waals surface area (Å²) in [6.07, 6.45) is 7.78. The second-order valence-electron chi connectivity index (χ2n) is 9.14. The second kappa shape index (κ2) is 8.51.